The van der Waals surface area contributed by atoms with Crippen molar-refractivity contribution in [3.05, 3.63) is 0 Å². The van der Waals surface area contributed by atoms with Crippen LogP contribution < -0.4 is 0 Å². The Labute approximate surface area is 75.9 Å². The molecule has 1 rings (SSSR count). The van der Waals surface area contributed by atoms with Crippen LogP contribution in [-0.2, 0) is 4.79 Å². The molecule has 0 unspecified atom stereocenters. The van der Waals surface area contributed by atoms with Crippen molar-refractivity contribution >= 4 is 5.91 Å². The Kier molecular flexibility index (Phi) is 5.77. The summed E-state index contributed by atoms with van der Waals surface area (Å²) in [7, 11) is 0. The molecule has 12 heavy (non-hydrogen) atoms. The van der Waals surface area contributed by atoms with E-state index in [4.69, 9.17) is 0 Å². The molecule has 0 saturated heterocycles. The monoisotopic (exact) mass is 171 g/mol. The maximum Gasteiger partial charge on any atom is 0.219 e. The minimum Gasteiger partial charge on any atom is -0.340 e. The average molecular weight is 171 g/mol. The fourth-order valence-electron chi connectivity index (χ4n) is 1.44. The number of amides is 1. The molecule has 0 radical (unpaired) electrons. The molecule has 1 saturated carbocycles. The number of hydrogen-bond donors (Lipinski definition) is 0. The van der Waals surface area contributed by atoms with E-state index in [0.717, 1.165) is 6.54 Å². The SMILES string of the molecule is CC.CCN(C(C)=O)C1CCC1. The van der Waals surface area contributed by atoms with Crippen molar-refractivity contribution in [3.63, 3.8) is 0 Å². The van der Waals surface area contributed by atoms with Crippen LogP contribution in [0.3, 0.4) is 0 Å². The summed E-state index contributed by atoms with van der Waals surface area (Å²) in [6, 6.07) is 0.572. The predicted octanol–water partition coefficient (Wildman–Crippen LogP) is 2.43. The van der Waals surface area contributed by atoms with E-state index in [2.05, 4.69) is 0 Å². The molecule has 0 spiro atoms. The Morgan fingerprint density at radius 2 is 1.92 bits per heavy atom. The highest BCUT2D eigenvalue weighted by Gasteiger charge is 2.24. The van der Waals surface area contributed by atoms with E-state index in [1.165, 1.54) is 19.3 Å². The first-order valence-electron chi connectivity index (χ1n) is 5.03. The van der Waals surface area contributed by atoms with E-state index < -0.39 is 0 Å². The molecule has 1 amide bonds. The van der Waals surface area contributed by atoms with Crippen LogP contribution in [0.2, 0.25) is 0 Å². The average Bonchev–Trinajstić information content (AvgIpc) is 1.99. The van der Waals surface area contributed by atoms with Gasteiger partial charge >= 0.3 is 0 Å². The molecule has 0 atom stereocenters. The summed E-state index contributed by atoms with van der Waals surface area (Å²) in [5.41, 5.74) is 0. The highest BCUT2D eigenvalue weighted by atomic mass is 16.2. The van der Waals surface area contributed by atoms with E-state index in [1.54, 1.807) is 6.92 Å². The van der Waals surface area contributed by atoms with Gasteiger partial charge in [-0.25, -0.2) is 0 Å². The third kappa shape index (κ3) is 2.84. The molecule has 0 bridgehead atoms. The van der Waals surface area contributed by atoms with Gasteiger partial charge in [0.1, 0.15) is 0 Å². The van der Waals surface area contributed by atoms with Gasteiger partial charge in [-0.15, -0.1) is 0 Å². The smallest absolute Gasteiger partial charge is 0.219 e. The summed E-state index contributed by atoms with van der Waals surface area (Å²) in [5.74, 6) is 0.229. The molecule has 1 aliphatic rings. The summed E-state index contributed by atoms with van der Waals surface area (Å²) in [4.78, 5) is 12.9. The van der Waals surface area contributed by atoms with Crippen molar-refractivity contribution in [1.29, 1.82) is 0 Å². The van der Waals surface area contributed by atoms with Gasteiger partial charge in [-0.1, -0.05) is 13.8 Å². The lowest BCUT2D eigenvalue weighted by molar-refractivity contribution is -0.132. The topological polar surface area (TPSA) is 20.3 Å². The van der Waals surface area contributed by atoms with Crippen LogP contribution in [0.15, 0.2) is 0 Å². The summed E-state index contributed by atoms with van der Waals surface area (Å²) < 4.78 is 0. The van der Waals surface area contributed by atoms with Gasteiger partial charge in [-0.3, -0.25) is 4.79 Å². The standard InChI is InChI=1S/C8H15NO.C2H6/c1-3-9(7(2)10)8-5-4-6-8;1-2/h8H,3-6H2,1-2H3;1-2H3. The lowest BCUT2D eigenvalue weighted by atomic mass is 9.91. The maximum atomic E-state index is 10.9. The lowest BCUT2D eigenvalue weighted by Gasteiger charge is -2.36. The van der Waals surface area contributed by atoms with E-state index in [-0.39, 0.29) is 5.91 Å². The quantitative estimate of drug-likeness (QED) is 0.625. The molecule has 0 aromatic carbocycles. The third-order valence-corrected chi connectivity index (χ3v) is 2.26. The predicted molar refractivity (Wildman–Crippen MR) is 52.0 cm³/mol. The largest absolute Gasteiger partial charge is 0.340 e. The van der Waals surface area contributed by atoms with E-state index >= 15 is 0 Å². The number of nitrogens with zero attached hydrogens (tertiary/aromatic N) is 1. The van der Waals surface area contributed by atoms with E-state index in [1.807, 2.05) is 25.7 Å². The molecule has 0 heterocycles. The Morgan fingerprint density at radius 1 is 1.42 bits per heavy atom. The zero-order valence-electron chi connectivity index (χ0n) is 8.76. The zero-order chi connectivity index (χ0) is 9.56. The second-order valence-electron chi connectivity index (χ2n) is 2.89. The first-order valence-corrected chi connectivity index (χ1v) is 5.03. The van der Waals surface area contributed by atoms with Crippen LogP contribution in [0.4, 0.5) is 0 Å². The summed E-state index contributed by atoms with van der Waals surface area (Å²) in [6.07, 6.45) is 3.73. The Bertz CT molecular complexity index is 130. The molecule has 72 valence electrons. The van der Waals surface area contributed by atoms with Crippen LogP contribution >= 0.6 is 0 Å². The molecular formula is C10H21NO. The minimum atomic E-state index is 0.229. The minimum absolute atomic E-state index is 0.229. The van der Waals surface area contributed by atoms with Crippen LogP contribution in [0.5, 0.6) is 0 Å². The summed E-state index contributed by atoms with van der Waals surface area (Å²) in [5, 5.41) is 0. The van der Waals surface area contributed by atoms with Gasteiger partial charge in [0.05, 0.1) is 0 Å². The molecule has 2 heteroatoms. The summed E-state index contributed by atoms with van der Waals surface area (Å²) >= 11 is 0. The van der Waals surface area contributed by atoms with Crippen molar-refractivity contribution in [1.82, 2.24) is 4.90 Å². The van der Waals surface area contributed by atoms with Crippen molar-refractivity contribution in [2.24, 2.45) is 0 Å². The molecule has 1 fully saturated rings. The lowest BCUT2D eigenvalue weighted by Crippen LogP contribution is -2.42. The van der Waals surface area contributed by atoms with Crippen molar-refractivity contribution in [3.8, 4) is 0 Å². The Balaban J connectivity index is 0.000000561. The molecule has 2 nitrogen and oxygen atoms in total. The highest BCUT2D eigenvalue weighted by Crippen LogP contribution is 2.24. The van der Waals surface area contributed by atoms with Gasteiger partial charge in [0, 0.05) is 19.5 Å². The first kappa shape index (κ1) is 11.5. The van der Waals surface area contributed by atoms with Crippen molar-refractivity contribution in [2.45, 2.75) is 53.0 Å². The second kappa shape index (κ2) is 6.04. The normalized spacial score (nSPS) is 15.7. The van der Waals surface area contributed by atoms with Gasteiger partial charge in [-0.05, 0) is 26.2 Å². The molecule has 1 aliphatic carbocycles. The zero-order valence-corrected chi connectivity index (χ0v) is 8.76. The van der Waals surface area contributed by atoms with Gasteiger partial charge in [0.25, 0.3) is 0 Å². The Morgan fingerprint density at radius 3 is 2.00 bits per heavy atom. The molecular weight excluding hydrogens is 150 g/mol. The van der Waals surface area contributed by atoms with E-state index in [0.29, 0.717) is 6.04 Å². The van der Waals surface area contributed by atoms with Gasteiger partial charge in [0.15, 0.2) is 0 Å². The number of rotatable bonds is 2. The van der Waals surface area contributed by atoms with Gasteiger partial charge < -0.3 is 4.90 Å². The number of carbonyl (C=O) groups excluding carboxylic acids is 1. The highest BCUT2D eigenvalue weighted by molar-refractivity contribution is 5.73. The van der Waals surface area contributed by atoms with Crippen LogP contribution in [-0.4, -0.2) is 23.4 Å². The Hall–Kier alpha value is -0.530. The first-order chi connectivity index (χ1) is 5.75. The summed E-state index contributed by atoms with van der Waals surface area (Å²) in [6.45, 7) is 8.57. The van der Waals surface area contributed by atoms with Gasteiger partial charge in [0.2, 0.25) is 5.91 Å². The fraction of sp³-hybridized carbons (Fsp3) is 0.900. The van der Waals surface area contributed by atoms with Crippen LogP contribution in [0.1, 0.15) is 47.0 Å². The van der Waals surface area contributed by atoms with Gasteiger partial charge in [-0.2, -0.15) is 0 Å². The van der Waals surface area contributed by atoms with Crippen LogP contribution in [0.25, 0.3) is 0 Å². The van der Waals surface area contributed by atoms with Crippen molar-refractivity contribution in [2.75, 3.05) is 6.54 Å². The van der Waals surface area contributed by atoms with E-state index in [9.17, 15) is 4.79 Å². The van der Waals surface area contributed by atoms with Crippen molar-refractivity contribution < 1.29 is 4.79 Å². The number of hydrogen-bond acceptors (Lipinski definition) is 1. The third-order valence-electron chi connectivity index (χ3n) is 2.26. The number of carbonyl (C=O) groups is 1. The maximum absolute atomic E-state index is 10.9. The fourth-order valence-corrected chi connectivity index (χ4v) is 1.44. The van der Waals surface area contributed by atoms with Crippen LogP contribution in [0, 0.1) is 0 Å². The molecule has 0 aromatic heterocycles. The molecule has 0 aliphatic heterocycles. The molecule has 0 aromatic rings. The molecule has 0 N–H and O–H groups in total. The second-order valence-corrected chi connectivity index (χ2v) is 2.89.